The Morgan fingerprint density at radius 3 is 0.790 bits per heavy atom. The van der Waals surface area contributed by atoms with Crippen LogP contribution in [-0.4, -0.2) is 37.2 Å². The van der Waals surface area contributed by atoms with E-state index in [1.54, 1.807) is 0 Å². The number of ether oxygens (including phenoxy) is 3. The summed E-state index contributed by atoms with van der Waals surface area (Å²) in [6.45, 7) is 6.50. The molecule has 1 unspecified atom stereocenters. The second kappa shape index (κ2) is 69.3. The number of hydrogen-bond acceptors (Lipinski definition) is 6. The molecule has 0 N–H and O–H groups in total. The first-order chi connectivity index (χ1) is 40.0. The molecule has 6 nitrogen and oxygen atoms in total. The van der Waals surface area contributed by atoms with Gasteiger partial charge in [-0.15, -0.1) is 0 Å². The highest BCUT2D eigenvalue weighted by atomic mass is 16.6. The van der Waals surface area contributed by atoms with Crippen molar-refractivity contribution in [3.63, 3.8) is 0 Å². The molecule has 0 saturated heterocycles. The van der Waals surface area contributed by atoms with Gasteiger partial charge < -0.3 is 14.2 Å². The Bertz CT molecular complexity index is 1490. The van der Waals surface area contributed by atoms with Crippen LogP contribution in [0.4, 0.5) is 0 Å². The van der Waals surface area contributed by atoms with Crippen LogP contribution in [0.25, 0.3) is 0 Å². The summed E-state index contributed by atoms with van der Waals surface area (Å²) in [6.07, 6.45) is 91.0. The highest BCUT2D eigenvalue weighted by Crippen LogP contribution is 2.18. The maximum Gasteiger partial charge on any atom is 0.306 e. The van der Waals surface area contributed by atoms with Gasteiger partial charge >= 0.3 is 17.9 Å². The van der Waals surface area contributed by atoms with Crippen molar-refractivity contribution in [1.82, 2.24) is 0 Å². The van der Waals surface area contributed by atoms with Gasteiger partial charge in [-0.2, -0.15) is 0 Å². The zero-order valence-electron chi connectivity index (χ0n) is 54.1. The van der Waals surface area contributed by atoms with E-state index in [0.717, 1.165) is 122 Å². The molecule has 0 fully saturated rings. The Kier molecular flexibility index (Phi) is 66.6. The van der Waals surface area contributed by atoms with Crippen molar-refractivity contribution in [3.8, 4) is 0 Å². The topological polar surface area (TPSA) is 78.9 Å². The number of unbranched alkanes of at least 4 members (excludes halogenated alkanes) is 42. The first-order valence-corrected chi connectivity index (χ1v) is 35.4. The van der Waals surface area contributed by atoms with Crippen LogP contribution in [0.5, 0.6) is 0 Å². The highest BCUT2D eigenvalue weighted by Gasteiger charge is 2.19. The molecule has 0 aromatic rings. The molecule has 0 bridgehead atoms. The van der Waals surface area contributed by atoms with E-state index in [-0.39, 0.29) is 31.1 Å². The van der Waals surface area contributed by atoms with Crippen LogP contribution < -0.4 is 0 Å². The van der Waals surface area contributed by atoms with Crippen molar-refractivity contribution in [3.05, 3.63) is 72.9 Å². The second-order valence-electron chi connectivity index (χ2n) is 23.8. The van der Waals surface area contributed by atoms with E-state index < -0.39 is 6.10 Å². The predicted octanol–water partition coefficient (Wildman–Crippen LogP) is 24.4. The van der Waals surface area contributed by atoms with Crippen LogP contribution in [-0.2, 0) is 28.6 Å². The summed E-state index contributed by atoms with van der Waals surface area (Å²) in [5.74, 6) is -0.909. The van der Waals surface area contributed by atoms with E-state index in [1.165, 1.54) is 205 Å². The van der Waals surface area contributed by atoms with Crippen LogP contribution in [0.3, 0.4) is 0 Å². The summed E-state index contributed by atoms with van der Waals surface area (Å²) < 4.78 is 16.9. The minimum Gasteiger partial charge on any atom is -0.462 e. The lowest BCUT2D eigenvalue weighted by Gasteiger charge is -2.18. The third-order valence-corrected chi connectivity index (χ3v) is 15.7. The quantitative estimate of drug-likeness (QED) is 0.0261. The molecule has 0 aliphatic heterocycles. The van der Waals surface area contributed by atoms with Crippen molar-refractivity contribution >= 4 is 17.9 Å². The lowest BCUT2D eigenvalue weighted by Crippen LogP contribution is -2.30. The molecule has 0 amide bonds. The Labute approximate surface area is 503 Å². The Morgan fingerprint density at radius 1 is 0.259 bits per heavy atom. The molecule has 0 aromatic heterocycles. The number of esters is 3. The summed E-state index contributed by atoms with van der Waals surface area (Å²) >= 11 is 0. The van der Waals surface area contributed by atoms with Crippen LogP contribution in [0.1, 0.15) is 367 Å². The maximum atomic E-state index is 12.9. The number of carbonyl (C=O) groups excluding carboxylic acids is 3. The molecular formula is C75H134O6. The molecule has 0 rings (SSSR count). The minimum atomic E-state index is -0.795. The number of hydrogen-bond donors (Lipinski definition) is 0. The third kappa shape index (κ3) is 67.5. The van der Waals surface area contributed by atoms with E-state index >= 15 is 0 Å². The van der Waals surface area contributed by atoms with Gasteiger partial charge in [-0.3, -0.25) is 14.4 Å². The fourth-order valence-corrected chi connectivity index (χ4v) is 10.4. The van der Waals surface area contributed by atoms with E-state index in [4.69, 9.17) is 14.2 Å². The normalized spacial score (nSPS) is 12.5. The van der Waals surface area contributed by atoms with Crippen LogP contribution in [0.2, 0.25) is 0 Å². The molecule has 0 radical (unpaired) electrons. The molecule has 0 aliphatic carbocycles. The SMILES string of the molecule is CC/C=C\C/C=C\C/C=C\C/C=C\CCCCCCC(=O)OC(COC(=O)CCCCCCC/C=C\C/C=C\CCCC)COC(=O)CCCCCCCCCCCCCCCCCCCCCCCCCCCCCCCCCC. The fraction of sp³-hybridized carbons (Fsp3) is 0.800. The summed E-state index contributed by atoms with van der Waals surface area (Å²) in [7, 11) is 0. The molecule has 0 aliphatic rings. The van der Waals surface area contributed by atoms with Crippen molar-refractivity contribution in [2.45, 2.75) is 374 Å². The summed E-state index contributed by atoms with van der Waals surface area (Å²) in [5.41, 5.74) is 0. The highest BCUT2D eigenvalue weighted by molar-refractivity contribution is 5.71. The minimum absolute atomic E-state index is 0.0874. The molecular weight excluding hydrogens is 997 g/mol. The molecule has 0 aromatic carbocycles. The largest absolute Gasteiger partial charge is 0.462 e. The van der Waals surface area contributed by atoms with Gasteiger partial charge in [0.25, 0.3) is 0 Å². The molecule has 0 saturated carbocycles. The molecule has 0 spiro atoms. The van der Waals surface area contributed by atoms with Gasteiger partial charge in [-0.05, 0) is 83.5 Å². The number of rotatable bonds is 65. The average molecular weight is 1130 g/mol. The average Bonchev–Trinajstić information content (AvgIpc) is 3.47. The molecule has 81 heavy (non-hydrogen) atoms. The van der Waals surface area contributed by atoms with Crippen LogP contribution in [0, 0.1) is 0 Å². The van der Waals surface area contributed by atoms with Crippen molar-refractivity contribution in [2.24, 2.45) is 0 Å². The van der Waals surface area contributed by atoms with Crippen molar-refractivity contribution < 1.29 is 28.6 Å². The van der Waals surface area contributed by atoms with Crippen molar-refractivity contribution in [2.75, 3.05) is 13.2 Å². The summed E-state index contributed by atoms with van der Waals surface area (Å²) in [4.78, 5) is 38.4. The number of allylic oxidation sites excluding steroid dienone is 12. The first-order valence-electron chi connectivity index (χ1n) is 35.4. The zero-order chi connectivity index (χ0) is 58.5. The summed E-state index contributed by atoms with van der Waals surface area (Å²) in [6, 6.07) is 0. The van der Waals surface area contributed by atoms with Gasteiger partial charge in [-0.1, -0.05) is 338 Å². The van der Waals surface area contributed by atoms with Gasteiger partial charge in [0.15, 0.2) is 6.10 Å². The van der Waals surface area contributed by atoms with Crippen LogP contribution >= 0.6 is 0 Å². The van der Waals surface area contributed by atoms with Gasteiger partial charge in [-0.25, -0.2) is 0 Å². The van der Waals surface area contributed by atoms with E-state index in [0.29, 0.717) is 19.3 Å². The Hall–Kier alpha value is -3.15. The number of carbonyl (C=O) groups is 3. The third-order valence-electron chi connectivity index (χ3n) is 15.7. The standard InChI is InChI=1S/C75H134O6/c1-4-7-10-13-16-19-22-25-28-30-31-32-33-34-35-36-37-38-39-40-41-42-43-44-46-47-50-53-56-59-62-65-68-74(77)80-71-72(70-79-73(76)67-64-61-58-55-52-49-27-24-21-18-15-12-9-6-3)81-75(78)69-66-63-60-57-54-51-48-45-29-26-23-20-17-14-11-8-5-2/h8,11,15,17-18,20,24,26-27,29,48,51,72H,4-7,9-10,12-14,16,19,21-23,25,28,30-47,49-50,52-71H2,1-3H3/b11-8-,18-15-,20-17-,27-24-,29-26-,51-48-. The van der Waals surface area contributed by atoms with Gasteiger partial charge in [0.05, 0.1) is 0 Å². The van der Waals surface area contributed by atoms with Gasteiger partial charge in [0.1, 0.15) is 13.2 Å². The van der Waals surface area contributed by atoms with E-state index in [1.807, 2.05) is 0 Å². The second-order valence-corrected chi connectivity index (χ2v) is 23.8. The first kappa shape index (κ1) is 77.9. The maximum absolute atomic E-state index is 12.9. The molecule has 0 heterocycles. The lowest BCUT2D eigenvalue weighted by molar-refractivity contribution is -0.167. The van der Waals surface area contributed by atoms with E-state index in [9.17, 15) is 14.4 Å². The zero-order valence-corrected chi connectivity index (χ0v) is 54.1. The lowest BCUT2D eigenvalue weighted by atomic mass is 10.0. The Morgan fingerprint density at radius 2 is 0.494 bits per heavy atom. The monoisotopic (exact) mass is 1130 g/mol. The smallest absolute Gasteiger partial charge is 0.306 e. The molecule has 1 atom stereocenters. The Balaban J connectivity index is 4.17. The summed E-state index contributed by atoms with van der Waals surface area (Å²) in [5, 5.41) is 0. The molecule has 470 valence electrons. The molecule has 6 heteroatoms. The fourth-order valence-electron chi connectivity index (χ4n) is 10.4. The van der Waals surface area contributed by atoms with Crippen LogP contribution in [0.15, 0.2) is 72.9 Å². The van der Waals surface area contributed by atoms with Crippen molar-refractivity contribution in [1.29, 1.82) is 0 Å². The predicted molar refractivity (Wildman–Crippen MR) is 353 cm³/mol. The van der Waals surface area contributed by atoms with Gasteiger partial charge in [0.2, 0.25) is 0 Å². The van der Waals surface area contributed by atoms with E-state index in [2.05, 4.69) is 93.7 Å². The van der Waals surface area contributed by atoms with Gasteiger partial charge in [0, 0.05) is 19.3 Å².